The molecule has 0 spiro atoms. The molecule has 2 aromatic rings. The molecule has 2 aliphatic rings. The molecular formula is C18H11ClN2O4S. The first kappa shape index (κ1) is 16.6. The molecular weight excluding hydrogens is 376 g/mol. The number of benzene rings is 2. The molecule has 2 aromatic carbocycles. The van der Waals surface area contributed by atoms with Gasteiger partial charge in [-0.3, -0.25) is 19.8 Å². The highest BCUT2D eigenvalue weighted by Crippen LogP contribution is 2.33. The standard InChI is InChI=1S/C18H11ClN2O4S/c19-11-2-4-12(5-3-11)21-17(23)13(16(22)20-18(21)26)7-10-1-6-14-15(8-10)25-9-24-14/h1-8H,9H2,(H,20,22,26)/b13-7-. The van der Waals surface area contributed by atoms with Gasteiger partial charge in [-0.15, -0.1) is 0 Å². The minimum atomic E-state index is -0.553. The van der Waals surface area contributed by atoms with Crippen molar-refractivity contribution in [1.29, 1.82) is 0 Å². The maximum Gasteiger partial charge on any atom is 0.270 e. The van der Waals surface area contributed by atoms with Crippen LogP contribution in [0.3, 0.4) is 0 Å². The van der Waals surface area contributed by atoms with Gasteiger partial charge in [-0.2, -0.15) is 0 Å². The summed E-state index contributed by atoms with van der Waals surface area (Å²) < 4.78 is 10.6. The number of rotatable bonds is 2. The minimum absolute atomic E-state index is 0.0187. The number of carbonyl (C=O) groups is 2. The fraction of sp³-hybridized carbons (Fsp3) is 0.0556. The van der Waals surface area contributed by atoms with Crippen molar-refractivity contribution in [3.8, 4) is 11.5 Å². The van der Waals surface area contributed by atoms with E-state index < -0.39 is 11.8 Å². The molecule has 0 bridgehead atoms. The number of thiocarbonyl (C=S) groups is 1. The first-order valence-electron chi connectivity index (χ1n) is 7.59. The lowest BCUT2D eigenvalue weighted by molar-refractivity contribution is -0.122. The lowest BCUT2D eigenvalue weighted by Crippen LogP contribution is -2.54. The van der Waals surface area contributed by atoms with Crippen LogP contribution in [0.15, 0.2) is 48.0 Å². The van der Waals surface area contributed by atoms with Crippen LogP contribution in [-0.4, -0.2) is 23.7 Å². The summed E-state index contributed by atoms with van der Waals surface area (Å²) in [6.45, 7) is 0.146. The summed E-state index contributed by atoms with van der Waals surface area (Å²) in [5.74, 6) is 0.116. The smallest absolute Gasteiger partial charge is 0.270 e. The summed E-state index contributed by atoms with van der Waals surface area (Å²) >= 11 is 11.0. The Hall–Kier alpha value is -2.90. The highest BCUT2D eigenvalue weighted by molar-refractivity contribution is 7.80. The summed E-state index contributed by atoms with van der Waals surface area (Å²) in [5.41, 5.74) is 1.12. The molecule has 0 radical (unpaired) electrons. The van der Waals surface area contributed by atoms with Crippen molar-refractivity contribution in [2.75, 3.05) is 11.7 Å². The second-order valence-corrected chi connectivity index (χ2v) is 6.37. The third kappa shape index (κ3) is 2.91. The molecule has 1 saturated heterocycles. The number of halogens is 1. The fourth-order valence-corrected chi connectivity index (χ4v) is 3.06. The highest BCUT2D eigenvalue weighted by atomic mass is 35.5. The van der Waals surface area contributed by atoms with Crippen LogP contribution in [0.5, 0.6) is 11.5 Å². The van der Waals surface area contributed by atoms with E-state index in [9.17, 15) is 9.59 Å². The van der Waals surface area contributed by atoms with Crippen LogP contribution in [0, 0.1) is 0 Å². The molecule has 130 valence electrons. The highest BCUT2D eigenvalue weighted by Gasteiger charge is 2.34. The van der Waals surface area contributed by atoms with E-state index in [1.807, 2.05) is 0 Å². The van der Waals surface area contributed by atoms with Crippen LogP contribution >= 0.6 is 23.8 Å². The number of anilines is 1. The van der Waals surface area contributed by atoms with E-state index in [1.54, 1.807) is 42.5 Å². The zero-order chi connectivity index (χ0) is 18.3. The van der Waals surface area contributed by atoms with Crippen molar-refractivity contribution in [3.05, 3.63) is 58.6 Å². The molecule has 0 aromatic heterocycles. The molecule has 4 rings (SSSR count). The van der Waals surface area contributed by atoms with E-state index in [0.717, 1.165) is 0 Å². The Balaban J connectivity index is 1.71. The zero-order valence-corrected chi connectivity index (χ0v) is 14.8. The Bertz CT molecular complexity index is 972. The van der Waals surface area contributed by atoms with Gasteiger partial charge in [-0.1, -0.05) is 17.7 Å². The molecule has 2 amide bonds. The van der Waals surface area contributed by atoms with E-state index in [2.05, 4.69) is 5.32 Å². The molecule has 26 heavy (non-hydrogen) atoms. The topological polar surface area (TPSA) is 67.9 Å². The zero-order valence-electron chi connectivity index (χ0n) is 13.2. The lowest BCUT2D eigenvalue weighted by Gasteiger charge is -2.28. The van der Waals surface area contributed by atoms with Gasteiger partial charge in [-0.25, -0.2) is 0 Å². The maximum atomic E-state index is 12.9. The van der Waals surface area contributed by atoms with E-state index in [1.165, 1.54) is 11.0 Å². The SMILES string of the molecule is O=C1NC(=S)N(c2ccc(Cl)cc2)C(=O)/C1=C\c1ccc2c(c1)OCO2. The predicted octanol–water partition coefficient (Wildman–Crippen LogP) is 2.90. The van der Waals surface area contributed by atoms with Crippen molar-refractivity contribution in [1.82, 2.24) is 5.32 Å². The van der Waals surface area contributed by atoms with Gasteiger partial charge < -0.3 is 9.47 Å². The van der Waals surface area contributed by atoms with Gasteiger partial charge in [0.1, 0.15) is 5.57 Å². The van der Waals surface area contributed by atoms with Gasteiger partial charge in [0.15, 0.2) is 16.6 Å². The maximum absolute atomic E-state index is 12.9. The van der Waals surface area contributed by atoms with E-state index >= 15 is 0 Å². The second kappa shape index (κ2) is 6.44. The van der Waals surface area contributed by atoms with Gasteiger partial charge in [0.2, 0.25) is 6.79 Å². The van der Waals surface area contributed by atoms with E-state index in [-0.39, 0.29) is 17.5 Å². The Kier molecular flexibility index (Phi) is 4.10. The first-order chi connectivity index (χ1) is 12.5. The number of ether oxygens (including phenoxy) is 2. The monoisotopic (exact) mass is 386 g/mol. The molecule has 1 N–H and O–H groups in total. The lowest BCUT2D eigenvalue weighted by atomic mass is 10.1. The first-order valence-corrected chi connectivity index (χ1v) is 8.38. The number of carbonyl (C=O) groups excluding carboxylic acids is 2. The van der Waals surface area contributed by atoms with Gasteiger partial charge in [0.05, 0.1) is 5.69 Å². The summed E-state index contributed by atoms with van der Waals surface area (Å²) in [6, 6.07) is 11.8. The van der Waals surface area contributed by atoms with Crippen molar-refractivity contribution in [3.63, 3.8) is 0 Å². The van der Waals surface area contributed by atoms with Crippen LogP contribution < -0.4 is 19.7 Å². The molecule has 6 nitrogen and oxygen atoms in total. The quantitative estimate of drug-likeness (QED) is 0.488. The minimum Gasteiger partial charge on any atom is -0.454 e. The summed E-state index contributed by atoms with van der Waals surface area (Å²) in [7, 11) is 0. The Morgan fingerprint density at radius 3 is 2.58 bits per heavy atom. The van der Waals surface area contributed by atoms with E-state index in [4.69, 9.17) is 33.3 Å². The van der Waals surface area contributed by atoms with Gasteiger partial charge in [0, 0.05) is 5.02 Å². The van der Waals surface area contributed by atoms with Gasteiger partial charge >= 0.3 is 0 Å². The van der Waals surface area contributed by atoms with Crippen LogP contribution in [0.25, 0.3) is 6.08 Å². The predicted molar refractivity (Wildman–Crippen MR) is 100 cm³/mol. The average Bonchev–Trinajstić information content (AvgIpc) is 3.08. The Morgan fingerprint density at radius 1 is 1.08 bits per heavy atom. The van der Waals surface area contributed by atoms with Gasteiger partial charge in [0.25, 0.3) is 11.8 Å². The van der Waals surface area contributed by atoms with Crippen LogP contribution in [0.1, 0.15) is 5.56 Å². The molecule has 0 atom stereocenters. The van der Waals surface area contributed by atoms with Crippen molar-refractivity contribution < 1.29 is 19.1 Å². The second-order valence-electron chi connectivity index (χ2n) is 5.55. The van der Waals surface area contributed by atoms with E-state index in [0.29, 0.717) is 27.8 Å². The summed E-state index contributed by atoms with van der Waals surface area (Å²) in [6.07, 6.45) is 1.49. The van der Waals surface area contributed by atoms with Gasteiger partial charge in [-0.05, 0) is 60.3 Å². The largest absolute Gasteiger partial charge is 0.454 e. The number of nitrogens with one attached hydrogen (secondary N) is 1. The summed E-state index contributed by atoms with van der Waals surface area (Å²) in [4.78, 5) is 26.4. The van der Waals surface area contributed by atoms with Crippen LogP contribution in [0.2, 0.25) is 5.02 Å². The average molecular weight is 387 g/mol. The van der Waals surface area contributed by atoms with Crippen molar-refractivity contribution in [2.45, 2.75) is 0 Å². The molecule has 0 saturated carbocycles. The molecule has 2 heterocycles. The number of amides is 2. The number of hydrogen-bond acceptors (Lipinski definition) is 5. The molecule has 0 aliphatic carbocycles. The van der Waals surface area contributed by atoms with Crippen molar-refractivity contribution >= 4 is 52.5 Å². The third-order valence-electron chi connectivity index (χ3n) is 3.89. The van der Waals surface area contributed by atoms with Crippen LogP contribution in [0.4, 0.5) is 5.69 Å². The number of fused-ring (bicyclic) bond motifs is 1. The normalized spacial score (nSPS) is 17.7. The summed E-state index contributed by atoms with van der Waals surface area (Å²) in [5, 5.41) is 3.09. The molecule has 2 aliphatic heterocycles. The fourth-order valence-electron chi connectivity index (χ4n) is 2.65. The number of hydrogen-bond donors (Lipinski definition) is 1. The Labute approximate surface area is 158 Å². The third-order valence-corrected chi connectivity index (χ3v) is 4.43. The molecule has 0 unspecified atom stereocenters. The van der Waals surface area contributed by atoms with Crippen molar-refractivity contribution in [2.24, 2.45) is 0 Å². The Morgan fingerprint density at radius 2 is 1.81 bits per heavy atom. The molecule has 8 heteroatoms. The molecule has 1 fully saturated rings. The van der Waals surface area contributed by atoms with Crippen LogP contribution in [-0.2, 0) is 9.59 Å². The number of nitrogens with zero attached hydrogens (tertiary/aromatic N) is 1.